The molecule has 1 saturated carbocycles. The van der Waals surface area contributed by atoms with E-state index in [-0.39, 0.29) is 0 Å². The van der Waals surface area contributed by atoms with E-state index in [1.807, 2.05) is 6.20 Å². The lowest BCUT2D eigenvalue weighted by atomic mass is 9.99. The minimum atomic E-state index is 0.570. The topological polar surface area (TPSA) is 20.6 Å². The lowest BCUT2D eigenvalue weighted by molar-refractivity contribution is 0.346. The van der Waals surface area contributed by atoms with Gasteiger partial charge >= 0.3 is 0 Å². The lowest BCUT2D eigenvalue weighted by Gasteiger charge is -2.43. The first kappa shape index (κ1) is 10.5. The molecule has 0 aromatic heterocycles. The summed E-state index contributed by atoms with van der Waals surface area (Å²) in [4.78, 5) is 0. The summed E-state index contributed by atoms with van der Waals surface area (Å²) in [6, 6.07) is 17.9. The largest absolute Gasteiger partial charge is 0.605 e. The SMILES string of the molecule is C1=CN2c3cc(-c4ccccc4)ccc3C3C[C@@H]3N2[N-]1. The maximum absolute atomic E-state index is 4.46. The van der Waals surface area contributed by atoms with Crippen molar-refractivity contribution in [3.8, 4) is 11.1 Å². The fourth-order valence-corrected chi connectivity index (χ4v) is 3.36. The molecule has 3 aliphatic rings. The van der Waals surface area contributed by atoms with Gasteiger partial charge in [-0.3, -0.25) is 10.1 Å². The van der Waals surface area contributed by atoms with Gasteiger partial charge < -0.3 is 5.43 Å². The Balaban J connectivity index is 1.66. The Bertz CT molecular complexity index is 707. The fourth-order valence-electron chi connectivity index (χ4n) is 3.36. The summed E-state index contributed by atoms with van der Waals surface area (Å²) in [5, 5.41) is 4.32. The lowest BCUT2D eigenvalue weighted by Crippen LogP contribution is -2.37. The third-order valence-corrected chi connectivity index (χ3v) is 4.45. The van der Waals surface area contributed by atoms with Crippen LogP contribution in [-0.4, -0.2) is 11.2 Å². The molecule has 1 fully saturated rings. The van der Waals surface area contributed by atoms with E-state index < -0.39 is 0 Å². The van der Waals surface area contributed by atoms with Gasteiger partial charge in [0.05, 0.1) is 5.69 Å². The Hall–Kier alpha value is -2.26. The van der Waals surface area contributed by atoms with Crippen LogP contribution >= 0.6 is 0 Å². The molecule has 0 N–H and O–H groups in total. The molecule has 3 nitrogen and oxygen atoms in total. The molecule has 2 aliphatic heterocycles. The van der Waals surface area contributed by atoms with Crippen LogP contribution in [0.25, 0.3) is 16.6 Å². The van der Waals surface area contributed by atoms with Gasteiger partial charge in [-0.15, -0.1) is 6.20 Å². The molecule has 20 heavy (non-hydrogen) atoms. The monoisotopic (exact) mass is 260 g/mol. The number of hydrazine groups is 1. The molecule has 98 valence electrons. The van der Waals surface area contributed by atoms with Gasteiger partial charge in [0.2, 0.25) is 0 Å². The normalized spacial score (nSPS) is 25.7. The maximum atomic E-state index is 4.46. The summed E-state index contributed by atoms with van der Waals surface area (Å²) < 4.78 is 0. The van der Waals surface area contributed by atoms with Gasteiger partial charge in [0.25, 0.3) is 0 Å². The van der Waals surface area contributed by atoms with Gasteiger partial charge in [-0.1, -0.05) is 42.5 Å². The predicted molar refractivity (Wildman–Crippen MR) is 79.8 cm³/mol. The van der Waals surface area contributed by atoms with Crippen molar-refractivity contribution >= 4 is 5.69 Å². The quantitative estimate of drug-likeness (QED) is 0.772. The molecule has 1 aliphatic carbocycles. The molecule has 0 spiro atoms. The molecular formula is C17H14N3-. The highest BCUT2D eigenvalue weighted by atomic mass is 15.8. The molecular weight excluding hydrogens is 246 g/mol. The summed E-state index contributed by atoms with van der Waals surface area (Å²) in [5.41, 5.74) is 9.74. The highest BCUT2D eigenvalue weighted by Crippen LogP contribution is 2.55. The van der Waals surface area contributed by atoms with E-state index >= 15 is 0 Å². The van der Waals surface area contributed by atoms with Crippen LogP contribution in [-0.2, 0) is 0 Å². The molecule has 0 saturated heterocycles. The van der Waals surface area contributed by atoms with Crippen molar-refractivity contribution < 1.29 is 0 Å². The molecule has 2 aromatic carbocycles. The molecule has 2 atom stereocenters. The Morgan fingerprint density at radius 3 is 2.80 bits per heavy atom. The summed E-state index contributed by atoms with van der Waals surface area (Å²) >= 11 is 0. The van der Waals surface area contributed by atoms with Crippen LogP contribution < -0.4 is 5.01 Å². The van der Waals surface area contributed by atoms with Gasteiger partial charge in [0, 0.05) is 12.0 Å². The Morgan fingerprint density at radius 2 is 1.90 bits per heavy atom. The molecule has 0 amide bonds. The molecule has 3 heteroatoms. The second kappa shape index (κ2) is 3.64. The molecule has 0 bridgehead atoms. The number of hydrogen-bond donors (Lipinski definition) is 0. The number of benzene rings is 2. The van der Waals surface area contributed by atoms with E-state index in [1.54, 1.807) is 0 Å². The minimum Gasteiger partial charge on any atom is -0.605 e. The van der Waals surface area contributed by atoms with Gasteiger partial charge in [-0.05, 0) is 35.4 Å². The van der Waals surface area contributed by atoms with Crippen molar-refractivity contribution in [1.82, 2.24) is 5.12 Å². The van der Waals surface area contributed by atoms with Crippen molar-refractivity contribution in [2.24, 2.45) is 0 Å². The van der Waals surface area contributed by atoms with Crippen LogP contribution in [0.4, 0.5) is 5.69 Å². The van der Waals surface area contributed by atoms with Crippen LogP contribution in [0.15, 0.2) is 60.9 Å². The van der Waals surface area contributed by atoms with E-state index in [4.69, 9.17) is 0 Å². The summed E-state index contributed by atoms with van der Waals surface area (Å²) in [6.07, 6.45) is 5.17. The third-order valence-electron chi connectivity index (χ3n) is 4.45. The molecule has 2 aromatic rings. The van der Waals surface area contributed by atoms with Crippen molar-refractivity contribution in [3.63, 3.8) is 0 Å². The summed E-state index contributed by atoms with van der Waals surface area (Å²) in [7, 11) is 0. The average Bonchev–Trinajstić information content (AvgIpc) is 3.17. The van der Waals surface area contributed by atoms with Crippen LogP contribution in [0.1, 0.15) is 17.9 Å². The van der Waals surface area contributed by atoms with Crippen LogP contribution in [0.2, 0.25) is 0 Å². The van der Waals surface area contributed by atoms with E-state index in [1.165, 1.54) is 28.8 Å². The third kappa shape index (κ3) is 1.33. The zero-order valence-electron chi connectivity index (χ0n) is 11.0. The van der Waals surface area contributed by atoms with E-state index in [0.717, 1.165) is 0 Å². The number of fused-ring (bicyclic) bond motifs is 6. The number of anilines is 1. The Kier molecular flexibility index (Phi) is 1.92. The second-order valence-corrected chi connectivity index (χ2v) is 5.63. The molecule has 1 unspecified atom stereocenters. The smallest absolute Gasteiger partial charge is 0.0600 e. The Labute approximate surface area is 118 Å². The second-order valence-electron chi connectivity index (χ2n) is 5.63. The van der Waals surface area contributed by atoms with Gasteiger partial charge in [0.1, 0.15) is 0 Å². The molecule has 5 rings (SSSR count). The predicted octanol–water partition coefficient (Wildman–Crippen LogP) is 4.02. The summed E-state index contributed by atoms with van der Waals surface area (Å²) in [6.45, 7) is 0. The fraction of sp³-hybridized carbons (Fsp3) is 0.176. The highest BCUT2D eigenvalue weighted by Gasteiger charge is 2.47. The van der Waals surface area contributed by atoms with E-state index in [2.05, 4.69) is 70.3 Å². The molecule has 0 radical (unpaired) electrons. The van der Waals surface area contributed by atoms with Crippen molar-refractivity contribution in [1.29, 1.82) is 0 Å². The summed E-state index contributed by atoms with van der Waals surface area (Å²) in [5.74, 6) is 0.662. The number of nitrogens with zero attached hydrogens (tertiary/aromatic N) is 3. The first-order chi connectivity index (χ1) is 9.92. The van der Waals surface area contributed by atoms with Crippen molar-refractivity contribution in [2.45, 2.75) is 18.4 Å². The van der Waals surface area contributed by atoms with Crippen LogP contribution in [0.5, 0.6) is 0 Å². The van der Waals surface area contributed by atoms with E-state index in [0.29, 0.717) is 12.0 Å². The molecule has 2 heterocycles. The van der Waals surface area contributed by atoms with E-state index in [9.17, 15) is 0 Å². The average molecular weight is 260 g/mol. The van der Waals surface area contributed by atoms with Gasteiger partial charge in [0.15, 0.2) is 0 Å². The van der Waals surface area contributed by atoms with Gasteiger partial charge in [-0.25, -0.2) is 0 Å². The number of hydrogen-bond acceptors (Lipinski definition) is 2. The first-order valence-corrected chi connectivity index (χ1v) is 7.07. The zero-order valence-corrected chi connectivity index (χ0v) is 11.0. The van der Waals surface area contributed by atoms with Crippen LogP contribution in [0, 0.1) is 0 Å². The first-order valence-electron chi connectivity index (χ1n) is 7.07. The maximum Gasteiger partial charge on any atom is 0.0600 e. The van der Waals surface area contributed by atoms with Crippen molar-refractivity contribution in [3.05, 3.63) is 71.9 Å². The number of rotatable bonds is 1. The zero-order chi connectivity index (χ0) is 13.1. The highest BCUT2D eigenvalue weighted by molar-refractivity contribution is 5.73. The standard InChI is InChI=1S/C17H14N3/c1-2-4-12(5-3-1)13-6-7-14-15-11-17(15)20-18-8-9-19(20)16(14)10-13/h1-10,15,17H,11H2/q-1/t15?,17-/m0/s1. The van der Waals surface area contributed by atoms with Crippen molar-refractivity contribution in [2.75, 3.05) is 5.01 Å². The van der Waals surface area contributed by atoms with Crippen LogP contribution in [0.3, 0.4) is 0 Å². The van der Waals surface area contributed by atoms with Gasteiger partial charge in [-0.2, -0.15) is 0 Å². The minimum absolute atomic E-state index is 0.570. The Morgan fingerprint density at radius 1 is 1.00 bits per heavy atom.